The second-order valence-corrected chi connectivity index (χ2v) is 8.11. The van der Waals surface area contributed by atoms with Gasteiger partial charge in [-0.25, -0.2) is 4.39 Å². The minimum absolute atomic E-state index is 0.315. The van der Waals surface area contributed by atoms with E-state index in [0.29, 0.717) is 36.8 Å². The zero-order valence-electron chi connectivity index (χ0n) is 14.8. The number of hydrogen-bond acceptors (Lipinski definition) is 3. The van der Waals surface area contributed by atoms with Crippen LogP contribution in [0.15, 0.2) is 24.3 Å². The van der Waals surface area contributed by atoms with E-state index in [1.807, 2.05) is 12.1 Å². The topological polar surface area (TPSA) is 55.6 Å². The number of ether oxygens (including phenoxy) is 1. The van der Waals surface area contributed by atoms with Crippen LogP contribution in [-0.2, 0) is 10.3 Å². The first-order valence-corrected chi connectivity index (χ1v) is 9.34. The lowest BCUT2D eigenvalue weighted by Crippen LogP contribution is -2.59. The number of amides is 1. The Morgan fingerprint density at radius 3 is 2.56 bits per heavy atom. The number of benzene rings is 1. The van der Waals surface area contributed by atoms with Crippen LogP contribution in [0, 0.1) is 11.8 Å². The van der Waals surface area contributed by atoms with Crippen LogP contribution >= 0.6 is 0 Å². The number of alkyl halides is 1. The van der Waals surface area contributed by atoms with Gasteiger partial charge in [0, 0.05) is 44.1 Å². The van der Waals surface area contributed by atoms with Gasteiger partial charge in [0.25, 0.3) is 0 Å². The van der Waals surface area contributed by atoms with E-state index in [-0.39, 0.29) is 0 Å². The van der Waals surface area contributed by atoms with Crippen molar-refractivity contribution in [1.29, 1.82) is 0 Å². The van der Waals surface area contributed by atoms with E-state index in [1.54, 1.807) is 13.2 Å². The number of likely N-dealkylation sites (tertiary alicyclic amines) is 1. The first kappa shape index (κ1) is 17.0. The van der Waals surface area contributed by atoms with Crippen LogP contribution in [0.2, 0.25) is 0 Å². The van der Waals surface area contributed by atoms with Gasteiger partial charge in [-0.2, -0.15) is 0 Å². The average Bonchev–Trinajstić information content (AvgIpc) is 3.31. The molecule has 1 heterocycles. The molecular formula is C20H27FN2O2. The minimum Gasteiger partial charge on any atom is -0.373 e. The lowest BCUT2D eigenvalue weighted by atomic mass is 9.62. The largest absolute Gasteiger partial charge is 0.373 e. The van der Waals surface area contributed by atoms with Gasteiger partial charge >= 0.3 is 0 Å². The number of piperidine rings is 1. The summed E-state index contributed by atoms with van der Waals surface area (Å²) in [6.07, 6.45) is 4.73. The SMILES string of the molecule is COC1(c2cccc(C(N)=O)c2)[C@@H]2CCC[C@H]1CN(CC1(F)CC1)C2. The Hall–Kier alpha value is -1.46. The molecule has 0 aromatic heterocycles. The summed E-state index contributed by atoms with van der Waals surface area (Å²) in [5.41, 5.74) is 5.70. The van der Waals surface area contributed by atoms with E-state index >= 15 is 0 Å². The molecule has 4 nitrogen and oxygen atoms in total. The second-order valence-electron chi connectivity index (χ2n) is 8.11. The van der Waals surface area contributed by atoms with E-state index in [4.69, 9.17) is 10.5 Å². The van der Waals surface area contributed by atoms with Crippen molar-refractivity contribution in [3.8, 4) is 0 Å². The highest BCUT2D eigenvalue weighted by Crippen LogP contribution is 2.52. The molecular weight excluding hydrogens is 319 g/mol. The molecule has 2 saturated carbocycles. The van der Waals surface area contributed by atoms with Gasteiger partial charge in [-0.15, -0.1) is 0 Å². The number of methoxy groups -OCH3 is 1. The summed E-state index contributed by atoms with van der Waals surface area (Å²) in [6, 6.07) is 7.58. The Morgan fingerprint density at radius 2 is 2.00 bits per heavy atom. The van der Waals surface area contributed by atoms with Gasteiger partial charge in [-0.3, -0.25) is 9.69 Å². The number of nitrogens with two attached hydrogens (primary N) is 1. The molecule has 3 atom stereocenters. The van der Waals surface area contributed by atoms with Gasteiger partial charge in [0.2, 0.25) is 5.91 Å². The summed E-state index contributed by atoms with van der Waals surface area (Å²) in [6.45, 7) is 2.27. The van der Waals surface area contributed by atoms with Crippen molar-refractivity contribution in [2.75, 3.05) is 26.7 Å². The summed E-state index contributed by atoms with van der Waals surface area (Å²) >= 11 is 0. The van der Waals surface area contributed by atoms with Crippen molar-refractivity contribution >= 4 is 5.91 Å². The van der Waals surface area contributed by atoms with E-state index in [9.17, 15) is 9.18 Å². The lowest BCUT2D eigenvalue weighted by Gasteiger charge is -2.55. The summed E-state index contributed by atoms with van der Waals surface area (Å²) in [5, 5.41) is 0. The fourth-order valence-corrected chi connectivity index (χ4v) is 5.19. The molecule has 1 aliphatic heterocycles. The maximum Gasteiger partial charge on any atom is 0.248 e. The third-order valence-electron chi connectivity index (χ3n) is 6.51. The molecule has 2 N–H and O–H groups in total. The normalized spacial score (nSPS) is 33.8. The molecule has 136 valence electrons. The number of primary amides is 1. The van der Waals surface area contributed by atoms with Gasteiger partial charge in [0.15, 0.2) is 0 Å². The molecule has 3 aliphatic rings. The number of carbonyl (C=O) groups is 1. The first-order chi connectivity index (χ1) is 12.0. The molecule has 4 rings (SSSR count). The number of nitrogens with zero attached hydrogens (tertiary/aromatic N) is 1. The van der Waals surface area contributed by atoms with Gasteiger partial charge < -0.3 is 10.5 Å². The van der Waals surface area contributed by atoms with E-state index in [1.165, 1.54) is 6.42 Å². The number of halogens is 1. The first-order valence-electron chi connectivity index (χ1n) is 9.34. The van der Waals surface area contributed by atoms with Crippen LogP contribution in [0.4, 0.5) is 4.39 Å². The third-order valence-corrected chi connectivity index (χ3v) is 6.51. The van der Waals surface area contributed by atoms with Crippen LogP contribution < -0.4 is 5.73 Å². The monoisotopic (exact) mass is 346 g/mol. The van der Waals surface area contributed by atoms with E-state index < -0.39 is 17.2 Å². The highest BCUT2D eigenvalue weighted by atomic mass is 19.1. The average molecular weight is 346 g/mol. The van der Waals surface area contributed by atoms with Gasteiger partial charge in [0.1, 0.15) is 11.3 Å². The highest BCUT2D eigenvalue weighted by molar-refractivity contribution is 5.92. The molecule has 1 aromatic rings. The molecule has 1 aromatic carbocycles. The number of rotatable bonds is 5. The summed E-state index contributed by atoms with van der Waals surface area (Å²) < 4.78 is 20.5. The molecule has 2 aliphatic carbocycles. The fourth-order valence-electron chi connectivity index (χ4n) is 5.19. The van der Waals surface area contributed by atoms with Gasteiger partial charge in [0.05, 0.1) is 0 Å². The summed E-state index contributed by atoms with van der Waals surface area (Å²) in [5.74, 6) is 0.217. The van der Waals surface area contributed by atoms with Crippen LogP contribution in [0.3, 0.4) is 0 Å². The predicted molar refractivity (Wildman–Crippen MR) is 94.0 cm³/mol. The van der Waals surface area contributed by atoms with Crippen LogP contribution in [0.1, 0.15) is 48.0 Å². The highest BCUT2D eigenvalue weighted by Gasteiger charge is 2.55. The Labute approximate surface area is 148 Å². The molecule has 0 radical (unpaired) electrons. The lowest BCUT2D eigenvalue weighted by molar-refractivity contribution is -0.171. The molecule has 1 amide bonds. The molecule has 1 unspecified atom stereocenters. The standard InChI is InChI=1S/C20H27FN2O2/c1-25-20(15-5-2-4-14(10-15)18(22)24)16-6-3-7-17(20)12-23(11-16)13-19(21)8-9-19/h2,4-5,10,16-17H,3,6-9,11-13H2,1H3,(H2,22,24)/t16-,17+,20?. The van der Waals surface area contributed by atoms with Gasteiger partial charge in [-0.05, 0) is 43.4 Å². The van der Waals surface area contributed by atoms with Crippen LogP contribution in [-0.4, -0.2) is 43.2 Å². The molecule has 1 saturated heterocycles. The van der Waals surface area contributed by atoms with Crippen molar-refractivity contribution in [2.45, 2.75) is 43.4 Å². The second kappa shape index (κ2) is 6.06. The summed E-state index contributed by atoms with van der Waals surface area (Å²) in [4.78, 5) is 13.9. The Balaban J connectivity index is 1.66. The predicted octanol–water partition coefficient (Wildman–Crippen LogP) is 2.86. The fraction of sp³-hybridized carbons (Fsp3) is 0.650. The zero-order valence-corrected chi connectivity index (χ0v) is 14.8. The van der Waals surface area contributed by atoms with Crippen molar-refractivity contribution in [2.24, 2.45) is 17.6 Å². The molecule has 25 heavy (non-hydrogen) atoms. The third kappa shape index (κ3) is 2.87. The van der Waals surface area contributed by atoms with Crippen molar-refractivity contribution < 1.29 is 13.9 Å². The van der Waals surface area contributed by atoms with E-state index in [0.717, 1.165) is 31.5 Å². The quantitative estimate of drug-likeness (QED) is 0.892. The van der Waals surface area contributed by atoms with Crippen molar-refractivity contribution in [3.05, 3.63) is 35.4 Å². The van der Waals surface area contributed by atoms with Crippen LogP contribution in [0.25, 0.3) is 0 Å². The maximum atomic E-state index is 14.3. The smallest absolute Gasteiger partial charge is 0.248 e. The molecule has 3 fully saturated rings. The number of carbonyl (C=O) groups excluding carboxylic acids is 1. The Kier molecular flexibility index (Phi) is 4.12. The molecule has 2 bridgehead atoms. The van der Waals surface area contributed by atoms with Crippen molar-refractivity contribution in [3.63, 3.8) is 0 Å². The number of hydrogen-bond donors (Lipinski definition) is 1. The molecule has 5 heteroatoms. The van der Waals surface area contributed by atoms with Gasteiger partial charge in [-0.1, -0.05) is 18.6 Å². The minimum atomic E-state index is -0.951. The van der Waals surface area contributed by atoms with Crippen molar-refractivity contribution in [1.82, 2.24) is 4.90 Å². The molecule has 0 spiro atoms. The summed E-state index contributed by atoms with van der Waals surface area (Å²) in [7, 11) is 1.77. The van der Waals surface area contributed by atoms with Crippen LogP contribution in [0.5, 0.6) is 0 Å². The Morgan fingerprint density at radius 1 is 1.32 bits per heavy atom. The number of fused-ring (bicyclic) bond motifs is 2. The maximum absolute atomic E-state index is 14.3. The Bertz CT molecular complexity index is 659. The van der Waals surface area contributed by atoms with E-state index in [2.05, 4.69) is 11.0 Å². The zero-order chi connectivity index (χ0) is 17.7.